The summed E-state index contributed by atoms with van der Waals surface area (Å²) in [6.07, 6.45) is 8.83. The number of hydrogen-bond acceptors (Lipinski definition) is 6. The summed E-state index contributed by atoms with van der Waals surface area (Å²) in [5, 5.41) is 11.8. The minimum absolute atomic E-state index is 0.0628. The highest BCUT2D eigenvalue weighted by molar-refractivity contribution is 5.67. The molecule has 1 amide bonds. The minimum Gasteiger partial charge on any atom is -0.446 e. The van der Waals surface area contributed by atoms with Crippen molar-refractivity contribution in [3.8, 4) is 6.07 Å². The van der Waals surface area contributed by atoms with Crippen LogP contribution < -0.4 is 10.2 Å². The van der Waals surface area contributed by atoms with Crippen LogP contribution in [-0.4, -0.2) is 66.4 Å². The minimum atomic E-state index is -0.420. The summed E-state index contributed by atoms with van der Waals surface area (Å²) in [4.78, 5) is 22.2. The average molecular weight is 613 g/mol. The lowest BCUT2D eigenvalue weighted by atomic mass is 9.58. The summed E-state index contributed by atoms with van der Waals surface area (Å²) in [7, 11) is 1.60. The van der Waals surface area contributed by atoms with Crippen LogP contribution in [-0.2, 0) is 23.1 Å². The van der Waals surface area contributed by atoms with Crippen LogP contribution in [0, 0.1) is 34.9 Å². The molecule has 9 heteroatoms. The molecular weight excluding hydrogens is 567 g/mol. The predicted octanol–water partition coefficient (Wildman–Crippen LogP) is 5.77. The number of carbonyl (C=O) groups excluding carboxylic acids is 1. The molecule has 0 unspecified atom stereocenters. The molecule has 3 fully saturated rings. The first kappa shape index (κ1) is 31.1. The topological polar surface area (TPSA) is 86.4 Å². The van der Waals surface area contributed by atoms with E-state index in [-0.39, 0.29) is 23.8 Å². The molecule has 3 aromatic rings. The lowest BCUT2D eigenvalue weighted by molar-refractivity contribution is 0.00161. The molecule has 0 bridgehead atoms. The lowest BCUT2D eigenvalue weighted by Gasteiger charge is -2.51. The molecule has 1 saturated carbocycles. The van der Waals surface area contributed by atoms with Gasteiger partial charge in [0.2, 0.25) is 0 Å². The lowest BCUT2D eigenvalue weighted by Crippen LogP contribution is -2.55. The Hall–Kier alpha value is -3.90. The number of aryl methyl sites for hydroxylation is 1. The van der Waals surface area contributed by atoms with E-state index in [1.807, 2.05) is 36.5 Å². The quantitative estimate of drug-likeness (QED) is 0.313. The van der Waals surface area contributed by atoms with E-state index in [9.17, 15) is 4.79 Å². The third kappa shape index (κ3) is 6.44. The van der Waals surface area contributed by atoms with E-state index in [2.05, 4.69) is 49.9 Å². The van der Waals surface area contributed by atoms with Gasteiger partial charge in [0.15, 0.2) is 0 Å². The number of nitrogens with zero attached hydrogens (tertiary/aromatic N) is 5. The van der Waals surface area contributed by atoms with Crippen LogP contribution in [0.3, 0.4) is 0 Å². The molecule has 0 radical (unpaired) electrons. The first-order chi connectivity index (χ1) is 21.9. The van der Waals surface area contributed by atoms with Crippen molar-refractivity contribution < 1.29 is 13.9 Å². The Morgan fingerprint density at radius 2 is 1.91 bits per heavy atom. The van der Waals surface area contributed by atoms with E-state index in [1.54, 1.807) is 13.1 Å². The van der Waals surface area contributed by atoms with Crippen molar-refractivity contribution >= 4 is 11.8 Å². The number of piperidine rings is 1. The largest absolute Gasteiger partial charge is 0.446 e. The van der Waals surface area contributed by atoms with Gasteiger partial charge in [-0.2, -0.15) is 5.26 Å². The maximum Gasteiger partial charge on any atom is 0.407 e. The molecule has 2 saturated heterocycles. The molecule has 45 heavy (non-hydrogen) atoms. The number of hydrogen-bond donors (Lipinski definition) is 1. The second kappa shape index (κ2) is 13.6. The predicted molar refractivity (Wildman–Crippen MR) is 172 cm³/mol. The van der Waals surface area contributed by atoms with Gasteiger partial charge in [0.05, 0.1) is 11.6 Å². The van der Waals surface area contributed by atoms with Gasteiger partial charge >= 0.3 is 6.09 Å². The van der Waals surface area contributed by atoms with Crippen LogP contribution in [0.15, 0.2) is 60.9 Å². The molecule has 1 N–H and O–H groups in total. The Kier molecular flexibility index (Phi) is 9.41. The van der Waals surface area contributed by atoms with Gasteiger partial charge in [-0.15, -0.1) is 0 Å². The van der Waals surface area contributed by atoms with Gasteiger partial charge in [-0.25, -0.2) is 14.2 Å². The van der Waals surface area contributed by atoms with Gasteiger partial charge in [0.25, 0.3) is 0 Å². The number of halogens is 1. The highest BCUT2D eigenvalue weighted by Gasteiger charge is 2.53. The number of anilines is 1. The van der Waals surface area contributed by atoms with Gasteiger partial charge in [-0.05, 0) is 93.1 Å². The van der Waals surface area contributed by atoms with Crippen molar-refractivity contribution in [2.24, 2.45) is 17.8 Å². The second-order valence-corrected chi connectivity index (χ2v) is 13.1. The van der Waals surface area contributed by atoms with Crippen LogP contribution >= 0.6 is 0 Å². The maximum atomic E-state index is 15.0. The molecular formula is C36H45FN6O2. The van der Waals surface area contributed by atoms with Crippen molar-refractivity contribution in [2.75, 3.05) is 44.7 Å². The summed E-state index contributed by atoms with van der Waals surface area (Å²) in [6, 6.07) is 17.2. The van der Waals surface area contributed by atoms with Crippen molar-refractivity contribution in [2.45, 2.75) is 63.5 Å². The van der Waals surface area contributed by atoms with Crippen LogP contribution in [0.2, 0.25) is 0 Å². The molecule has 0 spiro atoms. The summed E-state index contributed by atoms with van der Waals surface area (Å²) >= 11 is 0. The first-order valence-corrected chi connectivity index (χ1v) is 16.5. The maximum absolute atomic E-state index is 15.0. The second-order valence-electron chi connectivity index (χ2n) is 13.1. The molecule has 2 aliphatic heterocycles. The van der Waals surface area contributed by atoms with Crippen LogP contribution in [0.25, 0.3) is 0 Å². The van der Waals surface area contributed by atoms with Crippen LogP contribution in [0.5, 0.6) is 0 Å². The molecule has 1 aliphatic carbocycles. The Bertz CT molecular complexity index is 1490. The van der Waals surface area contributed by atoms with Gasteiger partial charge in [0, 0.05) is 75.0 Å². The fourth-order valence-corrected chi connectivity index (χ4v) is 8.44. The fourth-order valence-electron chi connectivity index (χ4n) is 8.44. The molecule has 2 aromatic carbocycles. The van der Waals surface area contributed by atoms with Crippen molar-refractivity contribution in [3.05, 3.63) is 83.7 Å². The van der Waals surface area contributed by atoms with E-state index in [1.165, 1.54) is 11.8 Å². The van der Waals surface area contributed by atoms with Gasteiger partial charge in [0.1, 0.15) is 17.7 Å². The number of carbonyl (C=O) groups is 1. The van der Waals surface area contributed by atoms with Gasteiger partial charge in [-0.3, -0.25) is 0 Å². The zero-order valence-electron chi connectivity index (χ0n) is 26.5. The smallest absolute Gasteiger partial charge is 0.407 e. The zero-order chi connectivity index (χ0) is 31.4. The van der Waals surface area contributed by atoms with Crippen LogP contribution in [0.1, 0.15) is 56.0 Å². The Morgan fingerprint density at radius 3 is 2.60 bits per heavy atom. The molecule has 1 aromatic heterocycles. The van der Waals surface area contributed by atoms with Gasteiger partial charge < -0.3 is 24.4 Å². The van der Waals surface area contributed by atoms with E-state index in [0.29, 0.717) is 18.0 Å². The normalized spacial score (nSPS) is 22.4. The summed E-state index contributed by atoms with van der Waals surface area (Å²) in [5.41, 5.74) is 2.46. The number of benzene rings is 2. The summed E-state index contributed by atoms with van der Waals surface area (Å²) < 4.78 is 23.4. The number of amides is 1. The number of likely N-dealkylation sites (tertiary alicyclic amines) is 1. The number of rotatable bonds is 10. The molecule has 3 atom stereocenters. The number of aromatic nitrogens is 2. The number of nitriles is 1. The SMILES string of the molecule is CCc1nccn1C[C@@](c1cccc(F)c1)(C1CCN(CC2CN(c3ccc(C#N)cc3)C2)CC1)[C@H]1CCC[C@@H]1OC(=O)NC. The van der Waals surface area contributed by atoms with Crippen LogP contribution in [0.4, 0.5) is 14.9 Å². The van der Waals surface area contributed by atoms with E-state index >= 15 is 4.39 Å². The number of nitrogens with one attached hydrogen (secondary N) is 1. The standard InChI is InChI=1S/C36H45FN6O2/c1-3-34-40-16-19-42(34)25-36(29-6-4-7-30(37)20-29,32-8-5-9-33(32)45-35(44)39-2)28-14-17-41(18-15-28)22-27-23-43(24-27)31-12-10-26(21-38)11-13-31/h4,6-7,10-13,16,19-20,27-28,32-33H,3,5,8-9,14-15,17-18,22-25H2,1-2H3,(H,39,44)/t32-,33-,36-/m0/s1. The monoisotopic (exact) mass is 612 g/mol. The highest BCUT2D eigenvalue weighted by Crippen LogP contribution is 2.52. The molecule has 3 heterocycles. The summed E-state index contributed by atoms with van der Waals surface area (Å²) in [5.74, 6) is 1.76. The first-order valence-electron chi connectivity index (χ1n) is 16.5. The van der Waals surface area contributed by atoms with Crippen molar-refractivity contribution in [1.29, 1.82) is 5.26 Å². The van der Waals surface area contributed by atoms with Gasteiger partial charge in [-0.1, -0.05) is 19.1 Å². The zero-order valence-corrected chi connectivity index (χ0v) is 26.5. The Morgan fingerprint density at radius 1 is 1.13 bits per heavy atom. The van der Waals surface area contributed by atoms with E-state index in [4.69, 9.17) is 10.00 Å². The number of alkyl carbamates (subject to hydrolysis) is 1. The average Bonchev–Trinajstić information content (AvgIpc) is 3.71. The highest BCUT2D eigenvalue weighted by atomic mass is 19.1. The Labute approximate surface area is 266 Å². The molecule has 6 rings (SSSR count). The third-order valence-corrected chi connectivity index (χ3v) is 10.6. The molecule has 3 aliphatic rings. The van der Waals surface area contributed by atoms with Crippen molar-refractivity contribution in [3.63, 3.8) is 0 Å². The van der Waals surface area contributed by atoms with E-state index in [0.717, 1.165) is 82.6 Å². The van der Waals surface area contributed by atoms with E-state index < -0.39 is 11.5 Å². The number of imidazole rings is 1. The fraction of sp³-hybridized carbons (Fsp3) is 0.528. The van der Waals surface area contributed by atoms with Crippen molar-refractivity contribution in [1.82, 2.24) is 19.8 Å². The summed E-state index contributed by atoms with van der Waals surface area (Å²) in [6.45, 7) is 7.92. The Balaban J connectivity index is 1.23. The molecule has 238 valence electrons. The molecule has 8 nitrogen and oxygen atoms in total. The third-order valence-electron chi connectivity index (χ3n) is 10.6. The number of ether oxygens (including phenoxy) is 1.